The minimum absolute atomic E-state index is 0.0930. The van der Waals surface area contributed by atoms with Gasteiger partial charge < -0.3 is 15.9 Å². The van der Waals surface area contributed by atoms with Gasteiger partial charge in [0.05, 0.1) is 6.17 Å². The predicted octanol–water partition coefficient (Wildman–Crippen LogP) is 4.63. The molecule has 3 rings (SSSR count). The summed E-state index contributed by atoms with van der Waals surface area (Å²) in [7, 11) is 0. The smallest absolute Gasteiger partial charge is 0.168 e. The number of aliphatic hydroxyl groups excluding tert-OH is 1. The zero-order valence-corrected chi connectivity index (χ0v) is 19.4. The van der Waals surface area contributed by atoms with Crippen LogP contribution in [-0.4, -0.2) is 22.0 Å². The summed E-state index contributed by atoms with van der Waals surface area (Å²) in [6, 6.07) is 11.1. The van der Waals surface area contributed by atoms with Crippen molar-refractivity contribution in [1.82, 2.24) is 5.32 Å². The number of ketones is 1. The van der Waals surface area contributed by atoms with Gasteiger partial charge in [-0.05, 0) is 73.6 Å². The first-order chi connectivity index (χ1) is 13.8. The Balaban J connectivity index is 1.57. The van der Waals surface area contributed by atoms with Gasteiger partial charge in [-0.2, -0.15) is 0 Å². The lowest BCUT2D eigenvalue weighted by Crippen LogP contribution is -2.41. The van der Waals surface area contributed by atoms with E-state index in [4.69, 9.17) is 5.73 Å². The highest BCUT2D eigenvalue weighted by Gasteiger charge is 2.32. The van der Waals surface area contributed by atoms with Crippen molar-refractivity contribution in [3.63, 3.8) is 0 Å². The maximum absolute atomic E-state index is 12.8. The number of hydrogen-bond donors (Lipinski definition) is 4. The van der Waals surface area contributed by atoms with Crippen molar-refractivity contribution in [3.05, 3.63) is 62.0 Å². The van der Waals surface area contributed by atoms with Crippen LogP contribution in [0.25, 0.3) is 0 Å². The van der Waals surface area contributed by atoms with Gasteiger partial charge in [-0.25, -0.2) is 0 Å². The topological polar surface area (TPSA) is 95.6 Å². The van der Waals surface area contributed by atoms with E-state index >= 15 is 0 Å². The minimum Gasteiger partial charge on any atom is -0.508 e. The molecule has 1 aliphatic rings. The average Bonchev–Trinajstić information content (AvgIpc) is 2.69. The fraction of sp³-hybridized carbons (Fsp3) is 0.409. The third-order valence-corrected chi connectivity index (χ3v) is 6.62. The monoisotopic (exact) mass is 524 g/mol. The summed E-state index contributed by atoms with van der Waals surface area (Å²) in [5.74, 6) is -0.256. The summed E-state index contributed by atoms with van der Waals surface area (Å²) in [6.07, 6.45) is 1.58. The summed E-state index contributed by atoms with van der Waals surface area (Å²) in [6.45, 7) is 1.71. The van der Waals surface area contributed by atoms with Crippen molar-refractivity contribution >= 4 is 37.6 Å². The van der Waals surface area contributed by atoms with Crippen LogP contribution < -0.4 is 11.1 Å². The third kappa shape index (κ3) is 5.47. The van der Waals surface area contributed by atoms with E-state index in [1.807, 2.05) is 18.2 Å². The summed E-state index contributed by atoms with van der Waals surface area (Å²) < 4.78 is 1.93. The van der Waals surface area contributed by atoms with E-state index in [9.17, 15) is 15.0 Å². The van der Waals surface area contributed by atoms with Gasteiger partial charge in [0.2, 0.25) is 0 Å². The largest absolute Gasteiger partial charge is 0.508 e. The number of nitrogens with one attached hydrogen (secondary N) is 1. The quantitative estimate of drug-likeness (QED) is 0.412. The molecule has 0 saturated heterocycles. The van der Waals surface area contributed by atoms with Gasteiger partial charge in [0.1, 0.15) is 11.9 Å². The fourth-order valence-electron chi connectivity index (χ4n) is 3.96. The predicted molar refractivity (Wildman–Crippen MR) is 120 cm³/mol. The number of nitrogens with two attached hydrogens (primary N) is 1. The zero-order chi connectivity index (χ0) is 21.1. The summed E-state index contributed by atoms with van der Waals surface area (Å²) in [5.41, 5.74) is 8.35. The van der Waals surface area contributed by atoms with E-state index in [0.29, 0.717) is 24.0 Å². The number of phenols is 1. The Morgan fingerprint density at radius 1 is 1.14 bits per heavy atom. The van der Waals surface area contributed by atoms with Crippen molar-refractivity contribution in [1.29, 1.82) is 0 Å². The molecule has 29 heavy (non-hydrogen) atoms. The maximum Gasteiger partial charge on any atom is 0.168 e. The molecule has 7 heteroatoms. The maximum atomic E-state index is 12.8. The molecule has 5 N–H and O–H groups in total. The number of benzene rings is 2. The van der Waals surface area contributed by atoms with Crippen LogP contribution in [0.3, 0.4) is 0 Å². The Hall–Kier alpha value is -1.25. The second-order valence-electron chi connectivity index (χ2n) is 7.69. The van der Waals surface area contributed by atoms with Gasteiger partial charge in [-0.3, -0.25) is 10.1 Å². The first-order valence-corrected chi connectivity index (χ1v) is 11.3. The van der Waals surface area contributed by atoms with Crippen LogP contribution in [0.15, 0.2) is 45.3 Å². The molecule has 0 amide bonds. The van der Waals surface area contributed by atoms with Gasteiger partial charge in [-0.1, -0.05) is 44.0 Å². The molecule has 5 nitrogen and oxygen atoms in total. The molecule has 0 spiro atoms. The van der Waals surface area contributed by atoms with Crippen LogP contribution in [0, 0.1) is 12.8 Å². The first-order valence-electron chi connectivity index (χ1n) is 9.74. The van der Waals surface area contributed by atoms with E-state index in [2.05, 4.69) is 37.2 Å². The number of hydrogen-bond acceptors (Lipinski definition) is 5. The van der Waals surface area contributed by atoms with Crippen molar-refractivity contribution in [2.75, 3.05) is 0 Å². The molecular formula is C22H26Br2N2O3. The highest BCUT2D eigenvalue weighted by molar-refractivity contribution is 9.11. The first kappa shape index (κ1) is 22.4. The minimum atomic E-state index is -1.20. The molecule has 0 radical (unpaired) electrons. The molecule has 156 valence electrons. The van der Waals surface area contributed by atoms with E-state index in [1.165, 1.54) is 0 Å². The van der Waals surface area contributed by atoms with Crippen molar-refractivity contribution in [2.24, 2.45) is 11.7 Å². The molecule has 2 aromatic rings. The Morgan fingerprint density at radius 3 is 2.38 bits per heavy atom. The summed E-state index contributed by atoms with van der Waals surface area (Å²) >= 11 is 6.96. The number of rotatable bonds is 6. The molecule has 1 fully saturated rings. The molecular weight excluding hydrogens is 500 g/mol. The van der Waals surface area contributed by atoms with Gasteiger partial charge in [0.15, 0.2) is 5.78 Å². The van der Waals surface area contributed by atoms with Gasteiger partial charge >= 0.3 is 0 Å². The molecule has 0 aromatic heterocycles. The zero-order valence-electron chi connectivity index (χ0n) is 16.2. The van der Waals surface area contributed by atoms with Gasteiger partial charge in [0.25, 0.3) is 0 Å². The van der Waals surface area contributed by atoms with Crippen molar-refractivity contribution in [2.45, 2.75) is 50.9 Å². The highest BCUT2D eigenvalue weighted by Crippen LogP contribution is 2.33. The highest BCUT2D eigenvalue weighted by atomic mass is 79.9. The van der Waals surface area contributed by atoms with Crippen LogP contribution in [0.5, 0.6) is 5.75 Å². The number of halogens is 2. The van der Waals surface area contributed by atoms with Crippen molar-refractivity contribution < 1.29 is 15.0 Å². The normalized spacial score (nSPS) is 21.6. The molecule has 2 aromatic carbocycles. The lowest BCUT2D eigenvalue weighted by Gasteiger charge is -2.31. The number of aliphatic hydroxyl groups is 1. The second-order valence-corrected chi connectivity index (χ2v) is 9.52. The van der Waals surface area contributed by atoms with Crippen LogP contribution in [0.1, 0.15) is 54.6 Å². The summed E-state index contributed by atoms with van der Waals surface area (Å²) in [5, 5.41) is 23.8. The molecule has 0 heterocycles. The summed E-state index contributed by atoms with van der Waals surface area (Å²) in [4.78, 5) is 12.8. The molecule has 0 aliphatic heterocycles. The van der Waals surface area contributed by atoms with Crippen LogP contribution in [0.2, 0.25) is 0 Å². The Labute approximate surface area is 188 Å². The van der Waals surface area contributed by atoms with Crippen LogP contribution in [0.4, 0.5) is 0 Å². The molecule has 1 saturated carbocycles. The van der Waals surface area contributed by atoms with E-state index < -0.39 is 6.10 Å². The third-order valence-electron chi connectivity index (χ3n) is 5.70. The lowest BCUT2D eigenvalue weighted by atomic mass is 9.80. The Kier molecular flexibility index (Phi) is 7.51. The Morgan fingerprint density at radius 2 is 1.76 bits per heavy atom. The van der Waals surface area contributed by atoms with Crippen LogP contribution >= 0.6 is 31.9 Å². The fourth-order valence-corrected chi connectivity index (χ4v) is 5.29. The average molecular weight is 526 g/mol. The number of Topliss-reactive ketones (excluding diaryl/α,β-unsaturated/α-hetero) is 1. The van der Waals surface area contributed by atoms with E-state index in [-0.39, 0.29) is 29.7 Å². The number of carbonyl (C=O) groups is 1. The van der Waals surface area contributed by atoms with E-state index in [1.54, 1.807) is 25.1 Å². The van der Waals surface area contributed by atoms with Crippen molar-refractivity contribution in [3.8, 4) is 5.75 Å². The van der Waals surface area contributed by atoms with E-state index in [0.717, 1.165) is 27.4 Å². The molecule has 2 unspecified atom stereocenters. The van der Waals surface area contributed by atoms with Crippen LogP contribution in [-0.2, 0) is 4.79 Å². The number of carbonyl (C=O) groups excluding carboxylic acids is 1. The second kappa shape index (κ2) is 9.71. The number of aromatic hydroxyl groups is 1. The molecule has 1 aliphatic carbocycles. The SMILES string of the molecule is Cc1c(O)cccc1C(O)C(=O)C1CCC(NC(N)c2cc(Br)cc(Br)c2)CC1. The Bertz CT molecular complexity index is 862. The van der Waals surface area contributed by atoms with Gasteiger partial charge in [-0.15, -0.1) is 0 Å². The molecule has 2 atom stereocenters. The number of phenolic OH excluding ortho intramolecular Hbond substituents is 1. The molecule has 0 bridgehead atoms. The lowest BCUT2D eigenvalue weighted by molar-refractivity contribution is -0.132. The standard InChI is InChI=1S/C22H26Br2N2O3/c1-12-18(3-2-4-19(12)27)21(29)20(28)13-5-7-17(8-6-13)26-22(25)14-9-15(23)11-16(24)10-14/h2-4,9-11,13,17,21-22,26-27,29H,5-8,25H2,1H3. The van der Waals surface area contributed by atoms with Gasteiger partial charge in [0, 0.05) is 20.9 Å².